The molecule has 0 aliphatic carbocycles. The van der Waals surface area contributed by atoms with Crippen LogP contribution in [0.5, 0.6) is 11.5 Å². The van der Waals surface area contributed by atoms with Crippen molar-refractivity contribution in [3.05, 3.63) is 54.1 Å². The fraction of sp³-hybridized carbons (Fsp3) is 0.118. The number of phenols is 1. The zero-order valence-electron chi connectivity index (χ0n) is 12.6. The number of amides is 1. The second kappa shape index (κ2) is 7.77. The molecule has 2 rings (SSSR count). The number of nitrogens with one attached hydrogen (secondary N) is 1. The van der Waals surface area contributed by atoms with Gasteiger partial charge in [-0.1, -0.05) is 18.2 Å². The lowest BCUT2D eigenvalue weighted by Gasteiger charge is -2.09. The van der Waals surface area contributed by atoms with Crippen LogP contribution in [0.4, 0.5) is 5.69 Å². The van der Waals surface area contributed by atoms with Gasteiger partial charge < -0.3 is 20.3 Å². The number of hydrogen-bond donors (Lipinski definition) is 3. The van der Waals surface area contributed by atoms with Gasteiger partial charge in [-0.15, -0.1) is 0 Å². The Morgan fingerprint density at radius 3 is 2.33 bits per heavy atom. The van der Waals surface area contributed by atoms with Gasteiger partial charge in [-0.05, 0) is 24.3 Å². The molecule has 2 aromatic rings. The molecule has 0 spiro atoms. The molecule has 0 aliphatic heterocycles. The summed E-state index contributed by atoms with van der Waals surface area (Å²) in [6, 6.07) is 12.3. The van der Waals surface area contributed by atoms with E-state index in [1.165, 1.54) is 18.2 Å². The molecule has 0 saturated carbocycles. The Bertz CT molecular complexity index is 757. The Labute approximate surface area is 137 Å². The molecule has 0 heterocycles. The maximum Gasteiger partial charge on any atom is 0.347 e. The Morgan fingerprint density at radius 1 is 1.00 bits per heavy atom. The minimum absolute atomic E-state index is 0.0533. The van der Waals surface area contributed by atoms with Gasteiger partial charge in [-0.25, -0.2) is 4.79 Å². The van der Waals surface area contributed by atoms with E-state index in [0.29, 0.717) is 5.75 Å². The summed E-state index contributed by atoms with van der Waals surface area (Å²) in [6.45, 7) is 0. The molecular formula is C17H15NO6. The number of para-hydroxylation sites is 1. The maximum absolute atomic E-state index is 12.0. The number of esters is 1. The number of carboxylic acids is 1. The number of anilines is 1. The lowest BCUT2D eigenvalue weighted by atomic mass is 10.1. The Balaban J connectivity index is 2.02. The minimum Gasteiger partial charge on any atom is -0.507 e. The quantitative estimate of drug-likeness (QED) is 0.554. The van der Waals surface area contributed by atoms with Gasteiger partial charge in [-0.3, -0.25) is 9.59 Å². The molecule has 0 fully saturated rings. The second-order valence-corrected chi connectivity index (χ2v) is 4.88. The first kappa shape index (κ1) is 17.0. The van der Waals surface area contributed by atoms with Crippen LogP contribution in [0.2, 0.25) is 0 Å². The summed E-state index contributed by atoms with van der Waals surface area (Å²) in [5.41, 5.74) is 0.196. The fourth-order valence-electron chi connectivity index (χ4n) is 1.88. The van der Waals surface area contributed by atoms with Gasteiger partial charge in [0, 0.05) is 18.2 Å². The molecule has 0 unspecified atom stereocenters. The van der Waals surface area contributed by atoms with Gasteiger partial charge in [0.15, 0.2) is 0 Å². The van der Waals surface area contributed by atoms with Crippen molar-refractivity contribution < 1.29 is 29.3 Å². The first-order chi connectivity index (χ1) is 11.5. The highest BCUT2D eigenvalue weighted by atomic mass is 16.5. The van der Waals surface area contributed by atoms with E-state index in [2.05, 4.69) is 5.32 Å². The van der Waals surface area contributed by atoms with E-state index in [1.807, 2.05) is 0 Å². The van der Waals surface area contributed by atoms with E-state index >= 15 is 0 Å². The molecule has 0 aromatic heterocycles. The number of ether oxygens (including phenoxy) is 1. The summed E-state index contributed by atoms with van der Waals surface area (Å²) in [5.74, 6) is -2.33. The highest BCUT2D eigenvalue weighted by molar-refractivity contribution is 5.96. The number of aromatic hydroxyl groups is 1. The zero-order valence-corrected chi connectivity index (χ0v) is 12.6. The molecule has 7 heteroatoms. The predicted molar refractivity (Wildman–Crippen MR) is 85.0 cm³/mol. The molecule has 0 aliphatic rings. The van der Waals surface area contributed by atoms with Crippen LogP contribution < -0.4 is 10.1 Å². The first-order valence-corrected chi connectivity index (χ1v) is 7.07. The molecule has 3 N–H and O–H groups in total. The van der Waals surface area contributed by atoms with Crippen molar-refractivity contribution in [1.82, 2.24) is 0 Å². The standard InChI is InChI=1S/C17H15NO6/c19-14-10-11(18-15(20)8-9-16(21)22)6-7-13(14)17(23)24-12-4-2-1-3-5-12/h1-7,10,19H,8-9H2,(H,18,20)(H,21,22). The van der Waals surface area contributed by atoms with Gasteiger partial charge in [0.05, 0.1) is 6.42 Å². The van der Waals surface area contributed by atoms with Crippen LogP contribution >= 0.6 is 0 Å². The molecule has 0 bridgehead atoms. The summed E-state index contributed by atoms with van der Waals surface area (Å²) in [4.78, 5) is 34.0. The smallest absolute Gasteiger partial charge is 0.347 e. The fourth-order valence-corrected chi connectivity index (χ4v) is 1.88. The van der Waals surface area contributed by atoms with Gasteiger partial charge in [0.2, 0.25) is 5.91 Å². The van der Waals surface area contributed by atoms with Crippen LogP contribution in [0.3, 0.4) is 0 Å². The van der Waals surface area contributed by atoms with Crippen molar-refractivity contribution in [2.24, 2.45) is 0 Å². The number of carbonyl (C=O) groups excluding carboxylic acids is 2. The van der Waals surface area contributed by atoms with E-state index in [1.54, 1.807) is 30.3 Å². The number of carbonyl (C=O) groups is 3. The number of hydrogen-bond acceptors (Lipinski definition) is 5. The average molecular weight is 329 g/mol. The number of benzene rings is 2. The van der Waals surface area contributed by atoms with Crippen molar-refractivity contribution in [2.75, 3.05) is 5.32 Å². The van der Waals surface area contributed by atoms with Crippen LogP contribution in [0.25, 0.3) is 0 Å². The predicted octanol–water partition coefficient (Wildman–Crippen LogP) is 2.41. The molecule has 1 amide bonds. The van der Waals surface area contributed by atoms with Crippen LogP contribution in [0, 0.1) is 0 Å². The Morgan fingerprint density at radius 2 is 1.71 bits per heavy atom. The number of carboxylic acid groups (broad SMARTS) is 1. The highest BCUT2D eigenvalue weighted by Gasteiger charge is 2.15. The molecule has 0 atom stereocenters. The summed E-state index contributed by atoms with van der Waals surface area (Å²) in [6.07, 6.45) is -0.479. The molecule has 7 nitrogen and oxygen atoms in total. The van der Waals surface area contributed by atoms with Crippen molar-refractivity contribution in [3.63, 3.8) is 0 Å². The van der Waals surface area contributed by atoms with E-state index in [-0.39, 0.29) is 29.8 Å². The van der Waals surface area contributed by atoms with Crippen molar-refractivity contribution in [2.45, 2.75) is 12.8 Å². The molecule has 124 valence electrons. The number of phenolic OH excluding ortho intramolecular Hbond substituents is 1. The normalized spacial score (nSPS) is 10.0. The maximum atomic E-state index is 12.0. The third-order valence-corrected chi connectivity index (χ3v) is 3.02. The van der Waals surface area contributed by atoms with Crippen LogP contribution in [-0.2, 0) is 9.59 Å². The van der Waals surface area contributed by atoms with Gasteiger partial charge in [-0.2, -0.15) is 0 Å². The van der Waals surface area contributed by atoms with Crippen LogP contribution in [0.15, 0.2) is 48.5 Å². The van der Waals surface area contributed by atoms with Crippen molar-refractivity contribution in [3.8, 4) is 11.5 Å². The average Bonchev–Trinajstić information content (AvgIpc) is 2.54. The lowest BCUT2D eigenvalue weighted by molar-refractivity contribution is -0.138. The van der Waals surface area contributed by atoms with E-state index in [9.17, 15) is 19.5 Å². The summed E-state index contributed by atoms with van der Waals surface area (Å²) in [7, 11) is 0. The number of aliphatic carboxylic acids is 1. The molecule has 0 radical (unpaired) electrons. The van der Waals surface area contributed by atoms with Crippen LogP contribution in [-0.4, -0.2) is 28.1 Å². The Kier molecular flexibility index (Phi) is 5.51. The lowest BCUT2D eigenvalue weighted by Crippen LogP contribution is -2.14. The van der Waals surface area contributed by atoms with E-state index in [4.69, 9.17) is 9.84 Å². The van der Waals surface area contributed by atoms with Crippen molar-refractivity contribution >= 4 is 23.5 Å². The van der Waals surface area contributed by atoms with Gasteiger partial charge >= 0.3 is 11.9 Å². The third-order valence-electron chi connectivity index (χ3n) is 3.02. The topological polar surface area (TPSA) is 113 Å². The SMILES string of the molecule is O=C(O)CCC(=O)Nc1ccc(C(=O)Oc2ccccc2)c(O)c1. The first-order valence-electron chi connectivity index (χ1n) is 7.07. The minimum atomic E-state index is -1.08. The van der Waals surface area contributed by atoms with Crippen LogP contribution in [0.1, 0.15) is 23.2 Å². The molecule has 2 aromatic carbocycles. The van der Waals surface area contributed by atoms with Gasteiger partial charge in [0.1, 0.15) is 17.1 Å². The third kappa shape index (κ3) is 4.84. The van der Waals surface area contributed by atoms with E-state index < -0.39 is 17.8 Å². The molecule has 0 saturated heterocycles. The summed E-state index contributed by atoms with van der Waals surface area (Å²) < 4.78 is 5.12. The Hall–Kier alpha value is -3.35. The highest BCUT2D eigenvalue weighted by Crippen LogP contribution is 2.24. The van der Waals surface area contributed by atoms with E-state index in [0.717, 1.165) is 0 Å². The van der Waals surface area contributed by atoms with Crippen molar-refractivity contribution in [1.29, 1.82) is 0 Å². The largest absolute Gasteiger partial charge is 0.507 e. The molecular weight excluding hydrogens is 314 g/mol. The van der Waals surface area contributed by atoms with Gasteiger partial charge in [0.25, 0.3) is 0 Å². The summed E-state index contributed by atoms with van der Waals surface area (Å²) >= 11 is 0. The zero-order chi connectivity index (χ0) is 17.5. The second-order valence-electron chi connectivity index (χ2n) is 4.88. The monoisotopic (exact) mass is 329 g/mol. The summed E-state index contributed by atoms with van der Waals surface area (Å²) in [5, 5.41) is 20.9. The molecule has 24 heavy (non-hydrogen) atoms. The number of rotatable bonds is 6.